The molecular formula is C13H24Cl3N2Ti. The second-order valence-electron chi connectivity index (χ2n) is 4.40. The van der Waals surface area contributed by atoms with Gasteiger partial charge in [0.1, 0.15) is 0 Å². The molecule has 0 spiro atoms. The molecule has 0 amide bonds. The first-order valence-corrected chi connectivity index (χ1v) is 9.26. The van der Waals surface area contributed by atoms with Crippen LogP contribution < -0.4 is 9.18 Å². The minimum absolute atomic E-state index is 0. The standard InChI is InChI=1S/C6H13N2.C6H5.CH3.3ClH.Ti/c1-3-7-5-2-6-8-4-1;1-2-4-6-5-3-1;;;;;/h7H,1-6H2;1-5H;1H3;3*1H;/q-1;;;;;;+1. The normalized spacial score (nSPS) is 15.8. The third-order valence-corrected chi connectivity index (χ3v) is 7.23. The van der Waals surface area contributed by atoms with Crippen molar-refractivity contribution in [2.75, 3.05) is 26.2 Å². The molecule has 111 valence electrons. The average molecular weight is 363 g/mol. The molecule has 1 saturated heterocycles. The molecule has 19 heavy (non-hydrogen) atoms. The van der Waals surface area contributed by atoms with E-state index < -0.39 is 18.1 Å². The van der Waals surface area contributed by atoms with Crippen LogP contribution in [0.15, 0.2) is 30.3 Å². The van der Waals surface area contributed by atoms with Crippen LogP contribution in [0, 0.1) is 0 Å². The van der Waals surface area contributed by atoms with Crippen LogP contribution in [0.1, 0.15) is 12.8 Å². The minimum atomic E-state index is -1.17. The summed E-state index contributed by atoms with van der Waals surface area (Å²) in [6.45, 7) is 4.95. The molecule has 0 aliphatic carbocycles. The number of benzene rings is 1. The van der Waals surface area contributed by atoms with Gasteiger partial charge in [-0.1, -0.05) is 0 Å². The summed E-state index contributed by atoms with van der Waals surface area (Å²) in [5.74, 6) is 0. The van der Waals surface area contributed by atoms with E-state index >= 15 is 0 Å². The van der Waals surface area contributed by atoms with E-state index in [1.165, 1.54) is 39.0 Å². The Morgan fingerprint density at radius 2 is 1.47 bits per heavy atom. The Bertz CT molecular complexity index is 306. The quantitative estimate of drug-likeness (QED) is 0.814. The van der Waals surface area contributed by atoms with E-state index in [2.05, 4.69) is 44.3 Å². The molecule has 1 heterocycles. The molecule has 2 rings (SSSR count). The topological polar surface area (TPSA) is 15.3 Å². The summed E-state index contributed by atoms with van der Waals surface area (Å²) >= 11 is -1.17. The molecule has 0 aromatic heterocycles. The fourth-order valence-electron chi connectivity index (χ4n) is 2.22. The molecule has 6 heteroatoms. The first-order chi connectivity index (χ1) is 7.88. The molecule has 1 aromatic carbocycles. The van der Waals surface area contributed by atoms with Gasteiger partial charge in [-0.3, -0.25) is 0 Å². The molecule has 0 bridgehead atoms. The fourth-order valence-corrected chi connectivity index (χ4v) is 5.39. The van der Waals surface area contributed by atoms with Crippen LogP contribution >= 0.6 is 37.2 Å². The number of hydrogen-bond acceptors (Lipinski definition) is 2. The summed E-state index contributed by atoms with van der Waals surface area (Å²) in [7, 11) is 0. The SMILES string of the molecule is Cl.Cl.Cl.[CH3][Ti]([c]1ccccc1)[N]1CCCNCCC1. The van der Waals surface area contributed by atoms with Crippen molar-refractivity contribution in [2.24, 2.45) is 0 Å². The number of halogens is 3. The van der Waals surface area contributed by atoms with Crippen molar-refractivity contribution in [3.05, 3.63) is 30.3 Å². The van der Waals surface area contributed by atoms with Gasteiger partial charge in [-0.25, -0.2) is 0 Å². The van der Waals surface area contributed by atoms with Crippen molar-refractivity contribution in [1.29, 1.82) is 0 Å². The molecule has 1 aliphatic heterocycles. The summed E-state index contributed by atoms with van der Waals surface area (Å²) < 4.78 is 4.38. The van der Waals surface area contributed by atoms with Crippen LogP contribution in [0.2, 0.25) is 5.23 Å². The molecule has 1 aliphatic rings. The van der Waals surface area contributed by atoms with Crippen molar-refractivity contribution in [2.45, 2.75) is 18.1 Å². The van der Waals surface area contributed by atoms with Gasteiger partial charge in [-0.15, -0.1) is 37.2 Å². The van der Waals surface area contributed by atoms with E-state index in [1.54, 1.807) is 3.87 Å². The zero-order valence-electron chi connectivity index (χ0n) is 11.3. The van der Waals surface area contributed by atoms with Gasteiger partial charge in [0.05, 0.1) is 0 Å². The molecular weight excluding hydrogens is 338 g/mol. The van der Waals surface area contributed by atoms with Crippen LogP contribution in [0.4, 0.5) is 0 Å². The monoisotopic (exact) mass is 361 g/mol. The van der Waals surface area contributed by atoms with Gasteiger partial charge >= 0.3 is 105 Å². The summed E-state index contributed by atoms with van der Waals surface area (Å²) in [6, 6.07) is 11.1. The van der Waals surface area contributed by atoms with Crippen LogP contribution in [0.3, 0.4) is 0 Å². The second kappa shape index (κ2) is 12.5. The molecule has 1 N–H and O–H groups in total. The van der Waals surface area contributed by atoms with Crippen LogP contribution in [-0.2, 0) is 18.1 Å². The van der Waals surface area contributed by atoms with Gasteiger partial charge < -0.3 is 0 Å². The molecule has 0 saturated carbocycles. The molecule has 0 atom stereocenters. The van der Waals surface area contributed by atoms with Crippen molar-refractivity contribution < 1.29 is 18.1 Å². The van der Waals surface area contributed by atoms with E-state index in [-0.39, 0.29) is 37.2 Å². The van der Waals surface area contributed by atoms with Gasteiger partial charge in [-0.05, 0) is 0 Å². The first-order valence-electron chi connectivity index (χ1n) is 6.22. The van der Waals surface area contributed by atoms with Crippen LogP contribution in [0.5, 0.6) is 0 Å². The Balaban J connectivity index is 0. The Morgan fingerprint density at radius 3 is 2.00 bits per heavy atom. The second-order valence-corrected chi connectivity index (χ2v) is 8.11. The van der Waals surface area contributed by atoms with Crippen molar-refractivity contribution in [3.63, 3.8) is 0 Å². The molecule has 0 unspecified atom stereocenters. The van der Waals surface area contributed by atoms with E-state index in [9.17, 15) is 0 Å². The van der Waals surface area contributed by atoms with Crippen molar-refractivity contribution >= 4 is 41.1 Å². The molecule has 1 aromatic rings. The summed E-state index contributed by atoms with van der Waals surface area (Å²) in [4.78, 5) is 0. The Hall–Kier alpha value is 0.724. The van der Waals surface area contributed by atoms with E-state index in [1.807, 2.05) is 0 Å². The molecule has 2 nitrogen and oxygen atoms in total. The fraction of sp³-hybridized carbons (Fsp3) is 0.538. The summed E-state index contributed by atoms with van der Waals surface area (Å²) in [5.41, 5.74) is 0. The van der Waals surface area contributed by atoms with Gasteiger partial charge in [0, 0.05) is 0 Å². The Kier molecular flexibility index (Phi) is 14.4. The summed E-state index contributed by atoms with van der Waals surface area (Å²) in [5, 5.41) is 5.97. The Morgan fingerprint density at radius 1 is 0.947 bits per heavy atom. The van der Waals surface area contributed by atoms with E-state index in [4.69, 9.17) is 0 Å². The predicted octanol–water partition coefficient (Wildman–Crippen LogP) is 2.84. The number of hydrogen-bond donors (Lipinski definition) is 1. The van der Waals surface area contributed by atoms with Gasteiger partial charge in [-0.2, -0.15) is 0 Å². The van der Waals surface area contributed by atoms with Crippen molar-refractivity contribution in [1.82, 2.24) is 8.70 Å². The van der Waals surface area contributed by atoms with E-state index in [0.29, 0.717) is 0 Å². The third kappa shape index (κ3) is 7.33. The predicted molar refractivity (Wildman–Crippen MR) is 87.4 cm³/mol. The number of rotatable bonds is 2. The zero-order chi connectivity index (χ0) is 11.2. The Labute approximate surface area is 142 Å². The third-order valence-electron chi connectivity index (χ3n) is 3.23. The molecule has 1 fully saturated rings. The van der Waals surface area contributed by atoms with Gasteiger partial charge in [0.2, 0.25) is 0 Å². The average Bonchev–Trinajstić information content (AvgIpc) is 2.29. The molecule has 0 radical (unpaired) electrons. The summed E-state index contributed by atoms with van der Waals surface area (Å²) in [6.07, 6.45) is 2.61. The van der Waals surface area contributed by atoms with Gasteiger partial charge in [0.25, 0.3) is 0 Å². The van der Waals surface area contributed by atoms with Crippen LogP contribution in [-0.4, -0.2) is 29.6 Å². The van der Waals surface area contributed by atoms with E-state index in [0.717, 1.165) is 0 Å². The van der Waals surface area contributed by atoms with Crippen LogP contribution in [0.25, 0.3) is 0 Å². The maximum atomic E-state index is 3.48. The number of nitrogens with one attached hydrogen (secondary N) is 1. The first kappa shape index (κ1) is 22.0. The number of nitrogens with zero attached hydrogens (tertiary/aromatic N) is 1. The van der Waals surface area contributed by atoms with Crippen molar-refractivity contribution in [3.8, 4) is 0 Å². The maximum absolute atomic E-state index is 3.48. The zero-order valence-corrected chi connectivity index (χ0v) is 15.3. The van der Waals surface area contributed by atoms with Gasteiger partial charge in [0.15, 0.2) is 0 Å².